The van der Waals surface area contributed by atoms with Gasteiger partial charge < -0.3 is 9.52 Å². The molecule has 0 spiro atoms. The highest BCUT2D eigenvalue weighted by Gasteiger charge is 2.33. The monoisotopic (exact) mass is 420 g/mol. The first-order valence-corrected chi connectivity index (χ1v) is 8.10. The Bertz CT molecular complexity index is 1180. The Balaban J connectivity index is 1.73. The van der Waals surface area contributed by atoms with Crippen LogP contribution in [0.1, 0.15) is 21.7 Å². The lowest BCUT2D eigenvalue weighted by Gasteiger charge is -2.11. The number of hydrogen-bond acceptors (Lipinski definition) is 7. The summed E-state index contributed by atoms with van der Waals surface area (Å²) in [4.78, 5) is 25.6. The van der Waals surface area contributed by atoms with E-state index >= 15 is 0 Å². The summed E-state index contributed by atoms with van der Waals surface area (Å²) in [7, 11) is 0. The number of pyridine rings is 1. The maximum absolute atomic E-state index is 13.0. The Labute approximate surface area is 165 Å². The van der Waals surface area contributed by atoms with Gasteiger partial charge in [-0.25, -0.2) is 5.43 Å². The van der Waals surface area contributed by atoms with Gasteiger partial charge in [0.25, 0.3) is 5.91 Å². The number of allylic oxidation sites excluding steroid dienone is 1. The van der Waals surface area contributed by atoms with E-state index in [1.165, 1.54) is 24.3 Å². The SMILES string of the molecule is O=C(NN=CC=Cc1ccc([N+](=O)[O-])o1)c1cnc2c(C(F)(F)F)cccc2c1O. The van der Waals surface area contributed by atoms with Crippen LogP contribution in [-0.2, 0) is 6.18 Å². The zero-order valence-corrected chi connectivity index (χ0v) is 14.8. The zero-order valence-electron chi connectivity index (χ0n) is 14.8. The third kappa shape index (κ3) is 4.27. The highest BCUT2D eigenvalue weighted by molar-refractivity contribution is 6.02. The minimum atomic E-state index is -4.67. The number of nitrogens with one attached hydrogen (secondary N) is 1. The molecule has 1 amide bonds. The van der Waals surface area contributed by atoms with Crippen molar-refractivity contribution < 1.29 is 32.4 Å². The van der Waals surface area contributed by atoms with Crippen molar-refractivity contribution in [3.8, 4) is 5.75 Å². The molecule has 12 heteroatoms. The average Bonchev–Trinajstić information content (AvgIpc) is 3.16. The number of hydrazone groups is 1. The van der Waals surface area contributed by atoms with Gasteiger partial charge in [-0.1, -0.05) is 6.07 Å². The van der Waals surface area contributed by atoms with E-state index in [1.807, 2.05) is 0 Å². The van der Waals surface area contributed by atoms with Gasteiger partial charge in [0, 0.05) is 17.8 Å². The molecule has 2 aromatic heterocycles. The van der Waals surface area contributed by atoms with Crippen LogP contribution in [0.4, 0.5) is 19.1 Å². The van der Waals surface area contributed by atoms with Crippen LogP contribution in [0.25, 0.3) is 17.0 Å². The van der Waals surface area contributed by atoms with Crippen LogP contribution in [0.15, 0.2) is 52.1 Å². The van der Waals surface area contributed by atoms with Gasteiger partial charge in [-0.2, -0.15) is 18.3 Å². The van der Waals surface area contributed by atoms with Gasteiger partial charge in [-0.05, 0) is 30.4 Å². The molecule has 0 radical (unpaired) electrons. The molecule has 2 heterocycles. The molecule has 9 nitrogen and oxygen atoms in total. The molecule has 0 aliphatic heterocycles. The Hall–Kier alpha value is -4.22. The molecule has 1 aromatic carbocycles. The van der Waals surface area contributed by atoms with E-state index in [0.29, 0.717) is 0 Å². The predicted octanol–water partition coefficient (Wildman–Crippen LogP) is 3.89. The number of halogens is 3. The van der Waals surface area contributed by atoms with Crippen molar-refractivity contribution in [2.75, 3.05) is 0 Å². The van der Waals surface area contributed by atoms with Crippen LogP contribution >= 0.6 is 0 Å². The largest absolute Gasteiger partial charge is 0.506 e. The van der Waals surface area contributed by atoms with E-state index < -0.39 is 39.7 Å². The molecular weight excluding hydrogens is 409 g/mol. The van der Waals surface area contributed by atoms with Crippen molar-refractivity contribution in [2.24, 2.45) is 5.10 Å². The first-order chi connectivity index (χ1) is 14.2. The van der Waals surface area contributed by atoms with Crippen molar-refractivity contribution >= 4 is 35.0 Å². The first kappa shape index (κ1) is 20.5. The number of aromatic nitrogens is 1. The minimum absolute atomic E-state index is 0.177. The van der Waals surface area contributed by atoms with E-state index in [9.17, 15) is 33.2 Å². The fourth-order valence-corrected chi connectivity index (χ4v) is 2.47. The molecule has 0 bridgehead atoms. The number of carbonyl (C=O) groups is 1. The van der Waals surface area contributed by atoms with Crippen molar-refractivity contribution in [1.29, 1.82) is 0 Å². The molecule has 154 valence electrons. The van der Waals surface area contributed by atoms with Crippen molar-refractivity contribution in [2.45, 2.75) is 6.18 Å². The van der Waals surface area contributed by atoms with Crippen LogP contribution in [0.3, 0.4) is 0 Å². The summed E-state index contributed by atoms with van der Waals surface area (Å²) >= 11 is 0. The molecule has 0 aliphatic carbocycles. The maximum atomic E-state index is 13.0. The predicted molar refractivity (Wildman–Crippen MR) is 98.8 cm³/mol. The number of rotatable bonds is 5. The maximum Gasteiger partial charge on any atom is 0.433 e. The summed E-state index contributed by atoms with van der Waals surface area (Å²) in [6.07, 6.45) is -0.0732. The van der Waals surface area contributed by atoms with Gasteiger partial charge in [0.1, 0.15) is 22.0 Å². The zero-order chi connectivity index (χ0) is 21.9. The molecule has 3 rings (SSSR count). The Morgan fingerprint density at radius 1 is 1.30 bits per heavy atom. The van der Waals surface area contributed by atoms with Crippen molar-refractivity contribution in [1.82, 2.24) is 10.4 Å². The number of para-hydroxylation sites is 1. The molecule has 3 aromatic rings. The second-order valence-corrected chi connectivity index (χ2v) is 5.73. The van der Waals surface area contributed by atoms with Crippen LogP contribution in [0, 0.1) is 10.1 Å². The molecule has 30 heavy (non-hydrogen) atoms. The smallest absolute Gasteiger partial charge is 0.433 e. The van der Waals surface area contributed by atoms with Gasteiger partial charge >= 0.3 is 12.1 Å². The number of fused-ring (bicyclic) bond motifs is 1. The van der Waals surface area contributed by atoms with Crippen LogP contribution in [-0.4, -0.2) is 27.1 Å². The van der Waals surface area contributed by atoms with Gasteiger partial charge in [-0.15, -0.1) is 0 Å². The lowest BCUT2D eigenvalue weighted by Crippen LogP contribution is -2.18. The number of benzene rings is 1. The fraction of sp³-hybridized carbons (Fsp3) is 0.0556. The molecular formula is C18H11F3N4O5. The number of alkyl halides is 3. The second kappa shape index (κ2) is 8.03. The van der Waals surface area contributed by atoms with E-state index in [2.05, 4.69) is 15.5 Å². The standard InChI is InChI=1S/C18H11F3N4O5/c19-18(20,21)13-5-1-4-11-15(13)22-9-12(16(11)26)17(27)24-23-8-2-3-10-6-7-14(30-10)25(28)29/h1-9H,(H,22,26)(H,24,27). The number of amides is 1. The summed E-state index contributed by atoms with van der Waals surface area (Å²) in [5, 5.41) is 24.1. The van der Waals surface area contributed by atoms with Crippen molar-refractivity contribution in [3.63, 3.8) is 0 Å². The molecule has 0 saturated carbocycles. The fourth-order valence-electron chi connectivity index (χ4n) is 2.47. The number of furan rings is 1. The molecule has 0 aliphatic rings. The lowest BCUT2D eigenvalue weighted by molar-refractivity contribution is -0.402. The molecule has 0 unspecified atom stereocenters. The average molecular weight is 420 g/mol. The summed E-state index contributed by atoms with van der Waals surface area (Å²) in [6, 6.07) is 5.64. The third-order valence-electron chi connectivity index (χ3n) is 3.80. The summed E-state index contributed by atoms with van der Waals surface area (Å²) in [5.74, 6) is -1.83. The highest BCUT2D eigenvalue weighted by Crippen LogP contribution is 2.37. The van der Waals surface area contributed by atoms with Gasteiger partial charge in [0.2, 0.25) is 0 Å². The van der Waals surface area contributed by atoms with Gasteiger partial charge in [0.05, 0.1) is 17.1 Å². The minimum Gasteiger partial charge on any atom is -0.506 e. The Morgan fingerprint density at radius 3 is 2.73 bits per heavy atom. The molecule has 0 fully saturated rings. The van der Waals surface area contributed by atoms with Gasteiger partial charge in [-0.3, -0.25) is 19.9 Å². The first-order valence-electron chi connectivity index (χ1n) is 8.10. The van der Waals surface area contributed by atoms with E-state index in [-0.39, 0.29) is 16.7 Å². The van der Waals surface area contributed by atoms with E-state index in [0.717, 1.165) is 30.6 Å². The number of aromatic hydroxyl groups is 1. The van der Waals surface area contributed by atoms with Crippen LogP contribution in [0.5, 0.6) is 5.75 Å². The lowest BCUT2D eigenvalue weighted by atomic mass is 10.1. The summed E-state index contributed by atoms with van der Waals surface area (Å²) in [5.41, 5.74) is 0.180. The van der Waals surface area contributed by atoms with Crippen molar-refractivity contribution in [3.05, 3.63) is 69.6 Å². The topological polar surface area (TPSA) is 131 Å². The summed E-state index contributed by atoms with van der Waals surface area (Å²) < 4.78 is 44.0. The molecule has 0 atom stereocenters. The molecule has 2 N–H and O–H groups in total. The second-order valence-electron chi connectivity index (χ2n) is 5.73. The number of nitro groups is 1. The normalized spacial score (nSPS) is 12.1. The van der Waals surface area contributed by atoms with Crippen LogP contribution < -0.4 is 5.43 Å². The number of hydrogen-bond donors (Lipinski definition) is 2. The molecule has 0 saturated heterocycles. The third-order valence-corrected chi connectivity index (χ3v) is 3.80. The highest BCUT2D eigenvalue weighted by atomic mass is 19.4. The quantitative estimate of drug-likeness (QED) is 0.366. The number of carbonyl (C=O) groups excluding carboxylic acids is 1. The Kier molecular flexibility index (Phi) is 5.49. The summed E-state index contributed by atoms with van der Waals surface area (Å²) in [6.45, 7) is 0. The van der Waals surface area contributed by atoms with E-state index in [1.54, 1.807) is 0 Å². The Morgan fingerprint density at radius 2 is 2.07 bits per heavy atom. The number of nitrogens with zero attached hydrogens (tertiary/aromatic N) is 3. The van der Waals surface area contributed by atoms with Gasteiger partial charge in [0.15, 0.2) is 0 Å². The van der Waals surface area contributed by atoms with Crippen LogP contribution in [0.2, 0.25) is 0 Å². The van der Waals surface area contributed by atoms with E-state index in [4.69, 9.17) is 4.42 Å².